The van der Waals surface area contributed by atoms with E-state index >= 15 is 0 Å². The van der Waals surface area contributed by atoms with Crippen LogP contribution in [0.25, 0.3) is 0 Å². The standard InChI is InChI=1S/C25H33FN6O/c1-17(18-8-10-19(26)11-9-18)32-22-21(25(2,3)23(32)33)16-28-24(30-22)29-20-7-5-13-31(4)14-6-12-27-15-20/h7-11,15,17,21H,5-6,12-14,16H2,1-4H3,(H,28,29)/b20-7+,27-15?/t17-,21?/m0/s1. The van der Waals surface area contributed by atoms with Gasteiger partial charge >= 0.3 is 0 Å². The Morgan fingerprint density at radius 1 is 1.21 bits per heavy atom. The predicted octanol–water partition coefficient (Wildman–Crippen LogP) is 3.41. The molecule has 176 valence electrons. The molecule has 4 rings (SSSR count). The number of hydrogen-bond acceptors (Lipinski definition) is 6. The minimum Gasteiger partial charge on any atom is -0.323 e. The Morgan fingerprint density at radius 3 is 2.73 bits per heavy atom. The summed E-state index contributed by atoms with van der Waals surface area (Å²) >= 11 is 0. The minimum absolute atomic E-state index is 0.0158. The van der Waals surface area contributed by atoms with Gasteiger partial charge in [0.2, 0.25) is 11.9 Å². The van der Waals surface area contributed by atoms with E-state index in [1.54, 1.807) is 17.0 Å². The normalized spacial score (nSPS) is 26.1. The van der Waals surface area contributed by atoms with E-state index in [1.807, 2.05) is 27.0 Å². The van der Waals surface area contributed by atoms with Gasteiger partial charge in [-0.05, 0) is 51.1 Å². The van der Waals surface area contributed by atoms with Crippen LogP contribution in [0.3, 0.4) is 0 Å². The minimum atomic E-state index is -0.607. The lowest BCUT2D eigenvalue weighted by Gasteiger charge is -2.28. The zero-order chi connectivity index (χ0) is 23.6. The number of benzene rings is 1. The largest absolute Gasteiger partial charge is 0.323 e. The topological polar surface area (TPSA) is 72.7 Å². The van der Waals surface area contributed by atoms with Crippen LogP contribution in [-0.4, -0.2) is 66.9 Å². The van der Waals surface area contributed by atoms with Crippen LogP contribution < -0.4 is 5.32 Å². The van der Waals surface area contributed by atoms with Gasteiger partial charge in [0.15, 0.2) is 0 Å². The number of carbonyl (C=O) groups is 1. The average Bonchev–Trinajstić information content (AvgIpc) is 2.98. The lowest BCUT2D eigenvalue weighted by molar-refractivity contribution is -0.135. The molecule has 1 unspecified atom stereocenters. The van der Waals surface area contributed by atoms with Gasteiger partial charge in [-0.3, -0.25) is 19.7 Å². The van der Waals surface area contributed by atoms with Gasteiger partial charge in [0.25, 0.3) is 0 Å². The van der Waals surface area contributed by atoms with E-state index in [0.717, 1.165) is 49.6 Å². The molecule has 2 atom stereocenters. The highest BCUT2D eigenvalue weighted by atomic mass is 19.1. The fraction of sp³-hybridized carbons (Fsp3) is 0.520. The summed E-state index contributed by atoms with van der Waals surface area (Å²) in [5, 5.41) is 3.32. The summed E-state index contributed by atoms with van der Waals surface area (Å²) in [4.78, 5) is 31.5. The SMILES string of the molecule is C[C@@H](c1ccc(F)cc1)N1C(=O)C(C)(C)C2CN=C(N/C3=C/CCN(C)CCCN=C3)N=C21. The molecule has 0 bridgehead atoms. The molecule has 0 aromatic heterocycles. The molecule has 33 heavy (non-hydrogen) atoms. The number of amidine groups is 1. The van der Waals surface area contributed by atoms with Gasteiger partial charge in [0, 0.05) is 19.3 Å². The molecule has 1 fully saturated rings. The molecule has 8 heteroatoms. The van der Waals surface area contributed by atoms with Crippen molar-refractivity contribution in [2.75, 3.05) is 33.2 Å². The number of carbonyl (C=O) groups excluding carboxylic acids is 1. The van der Waals surface area contributed by atoms with Crippen molar-refractivity contribution in [1.82, 2.24) is 15.1 Å². The van der Waals surface area contributed by atoms with Gasteiger partial charge in [-0.1, -0.05) is 32.1 Å². The van der Waals surface area contributed by atoms with Gasteiger partial charge in [-0.25, -0.2) is 4.39 Å². The Labute approximate surface area is 195 Å². The van der Waals surface area contributed by atoms with Gasteiger partial charge < -0.3 is 10.2 Å². The molecule has 1 N–H and O–H groups in total. The molecule has 0 spiro atoms. The summed E-state index contributed by atoms with van der Waals surface area (Å²) in [5.41, 5.74) is 1.13. The Bertz CT molecular complexity index is 1010. The highest BCUT2D eigenvalue weighted by molar-refractivity contribution is 6.14. The van der Waals surface area contributed by atoms with E-state index in [-0.39, 0.29) is 23.7 Å². The Morgan fingerprint density at radius 2 is 1.97 bits per heavy atom. The number of nitrogens with zero attached hydrogens (tertiary/aromatic N) is 5. The van der Waals surface area contributed by atoms with Crippen LogP contribution in [0.2, 0.25) is 0 Å². The van der Waals surface area contributed by atoms with Gasteiger partial charge in [0.1, 0.15) is 11.7 Å². The van der Waals surface area contributed by atoms with Crippen molar-refractivity contribution in [3.8, 4) is 0 Å². The fourth-order valence-electron chi connectivity index (χ4n) is 4.56. The molecule has 3 aliphatic heterocycles. The maximum absolute atomic E-state index is 13.4. The van der Waals surface area contributed by atoms with Crippen LogP contribution in [0.5, 0.6) is 0 Å². The van der Waals surface area contributed by atoms with Crippen molar-refractivity contribution < 1.29 is 9.18 Å². The zero-order valence-corrected chi connectivity index (χ0v) is 19.9. The van der Waals surface area contributed by atoms with E-state index in [4.69, 9.17) is 4.99 Å². The van der Waals surface area contributed by atoms with Gasteiger partial charge in [-0.2, -0.15) is 4.99 Å². The van der Waals surface area contributed by atoms with Crippen molar-refractivity contribution in [3.63, 3.8) is 0 Å². The molecular formula is C25H33FN6O. The number of hydrogen-bond donors (Lipinski definition) is 1. The molecule has 1 amide bonds. The smallest absolute Gasteiger partial charge is 0.234 e. The van der Waals surface area contributed by atoms with E-state index < -0.39 is 5.41 Å². The molecule has 7 nitrogen and oxygen atoms in total. The van der Waals surface area contributed by atoms with Gasteiger partial charge in [0.05, 0.1) is 29.6 Å². The third kappa shape index (κ3) is 4.90. The molecule has 0 radical (unpaired) electrons. The highest BCUT2D eigenvalue weighted by Crippen LogP contribution is 2.43. The number of halogens is 1. The summed E-state index contributed by atoms with van der Waals surface area (Å²) < 4.78 is 13.4. The molecule has 3 aliphatic rings. The number of aliphatic imine (C=N–C) groups is 3. The van der Waals surface area contributed by atoms with Crippen LogP contribution in [-0.2, 0) is 4.79 Å². The molecule has 1 aromatic rings. The van der Waals surface area contributed by atoms with Crippen molar-refractivity contribution in [2.45, 2.75) is 39.7 Å². The number of allylic oxidation sites excluding steroid dienone is 1. The molecular weight excluding hydrogens is 419 g/mol. The molecule has 0 aliphatic carbocycles. The van der Waals surface area contributed by atoms with Crippen molar-refractivity contribution in [1.29, 1.82) is 0 Å². The second-order valence-corrected chi connectivity index (χ2v) is 9.58. The first kappa shape index (κ1) is 23.3. The second kappa shape index (κ2) is 9.55. The molecule has 1 aromatic carbocycles. The summed E-state index contributed by atoms with van der Waals surface area (Å²) in [6.07, 6.45) is 5.89. The fourth-order valence-corrected chi connectivity index (χ4v) is 4.56. The predicted molar refractivity (Wildman–Crippen MR) is 130 cm³/mol. The summed E-state index contributed by atoms with van der Waals surface area (Å²) in [6, 6.07) is 6.04. The number of amides is 1. The summed E-state index contributed by atoms with van der Waals surface area (Å²) in [6.45, 7) is 9.15. The number of fused-ring (bicyclic) bond motifs is 1. The Hall–Kier alpha value is -2.87. The lowest BCUT2D eigenvalue weighted by Crippen LogP contribution is -2.38. The van der Waals surface area contributed by atoms with Crippen LogP contribution >= 0.6 is 0 Å². The second-order valence-electron chi connectivity index (χ2n) is 9.58. The van der Waals surface area contributed by atoms with E-state index in [2.05, 4.69) is 33.3 Å². The monoisotopic (exact) mass is 452 g/mol. The third-order valence-corrected chi connectivity index (χ3v) is 6.77. The van der Waals surface area contributed by atoms with Crippen LogP contribution in [0, 0.1) is 17.2 Å². The highest BCUT2D eigenvalue weighted by Gasteiger charge is 2.54. The first-order valence-electron chi connectivity index (χ1n) is 11.6. The van der Waals surface area contributed by atoms with Crippen molar-refractivity contribution >= 4 is 23.9 Å². The van der Waals surface area contributed by atoms with E-state index in [9.17, 15) is 9.18 Å². The van der Waals surface area contributed by atoms with Crippen molar-refractivity contribution in [2.24, 2.45) is 26.3 Å². The Balaban J connectivity index is 1.59. The maximum Gasteiger partial charge on any atom is 0.234 e. The summed E-state index contributed by atoms with van der Waals surface area (Å²) in [7, 11) is 2.12. The van der Waals surface area contributed by atoms with Crippen molar-refractivity contribution in [3.05, 3.63) is 47.4 Å². The lowest BCUT2D eigenvalue weighted by atomic mass is 9.80. The first-order chi connectivity index (χ1) is 15.8. The van der Waals surface area contributed by atoms with Gasteiger partial charge in [-0.15, -0.1) is 0 Å². The third-order valence-electron chi connectivity index (χ3n) is 6.77. The van der Waals surface area contributed by atoms with Crippen LogP contribution in [0.1, 0.15) is 45.2 Å². The quantitative estimate of drug-likeness (QED) is 0.764. The van der Waals surface area contributed by atoms with Crippen LogP contribution in [0.4, 0.5) is 4.39 Å². The maximum atomic E-state index is 13.4. The van der Waals surface area contributed by atoms with E-state index in [1.165, 1.54) is 12.1 Å². The number of rotatable bonds is 3. The van der Waals surface area contributed by atoms with Crippen LogP contribution in [0.15, 0.2) is 51.0 Å². The zero-order valence-electron chi connectivity index (χ0n) is 19.9. The molecule has 0 saturated carbocycles. The number of guanidine groups is 1. The Kier molecular flexibility index (Phi) is 6.74. The van der Waals surface area contributed by atoms with E-state index in [0.29, 0.717) is 12.5 Å². The molecule has 3 heterocycles. The average molecular weight is 453 g/mol. The first-order valence-corrected chi connectivity index (χ1v) is 11.6. The summed E-state index contributed by atoms with van der Waals surface area (Å²) in [5.74, 6) is 0.834. The number of nitrogens with one attached hydrogen (secondary N) is 1. The number of likely N-dealkylation sites (tertiary alicyclic amines) is 1. The molecule has 1 saturated heterocycles.